The molecule has 0 bridgehead atoms. The van der Waals surface area contributed by atoms with Crippen LogP contribution in [-0.2, 0) is 16.6 Å². The van der Waals surface area contributed by atoms with Crippen LogP contribution < -0.4 is 10.0 Å². The summed E-state index contributed by atoms with van der Waals surface area (Å²) in [5.74, 6) is -0.233. The van der Waals surface area contributed by atoms with Crippen LogP contribution in [0.2, 0.25) is 0 Å². The van der Waals surface area contributed by atoms with Crippen LogP contribution in [0.4, 0.5) is 10.2 Å². The number of aromatic nitrogens is 1. The van der Waals surface area contributed by atoms with Gasteiger partial charge in [0.15, 0.2) is 0 Å². The normalized spacial score (nSPS) is 11.3. The first kappa shape index (κ1) is 14.4. The van der Waals surface area contributed by atoms with Crippen LogP contribution in [-0.4, -0.2) is 20.4 Å². The maximum absolute atomic E-state index is 13.5. The first-order valence-electron chi connectivity index (χ1n) is 5.90. The van der Waals surface area contributed by atoms with Crippen molar-refractivity contribution in [3.05, 3.63) is 54.0 Å². The van der Waals surface area contributed by atoms with Gasteiger partial charge in [0.05, 0.1) is 4.90 Å². The molecule has 0 amide bonds. The lowest BCUT2D eigenvalue weighted by atomic mass is 10.2. The minimum atomic E-state index is -3.78. The maximum Gasteiger partial charge on any atom is 0.263 e. The highest BCUT2D eigenvalue weighted by atomic mass is 32.2. The van der Waals surface area contributed by atoms with Gasteiger partial charge in [-0.2, -0.15) is 0 Å². The van der Waals surface area contributed by atoms with Crippen LogP contribution in [0.25, 0.3) is 0 Å². The second kappa shape index (κ2) is 5.98. The van der Waals surface area contributed by atoms with Crippen molar-refractivity contribution in [1.82, 2.24) is 10.3 Å². The lowest BCUT2D eigenvalue weighted by Crippen LogP contribution is -2.15. The molecule has 2 N–H and O–H groups in total. The van der Waals surface area contributed by atoms with Crippen LogP contribution in [0.1, 0.15) is 5.56 Å². The molecule has 20 heavy (non-hydrogen) atoms. The van der Waals surface area contributed by atoms with Gasteiger partial charge in [-0.05, 0) is 37.4 Å². The van der Waals surface area contributed by atoms with E-state index in [9.17, 15) is 12.8 Å². The quantitative estimate of drug-likeness (QED) is 0.881. The highest BCUT2D eigenvalue weighted by Crippen LogP contribution is 2.17. The third-order valence-corrected chi connectivity index (χ3v) is 3.95. The highest BCUT2D eigenvalue weighted by Gasteiger charge is 2.16. The summed E-state index contributed by atoms with van der Waals surface area (Å²) in [6, 6.07) is 8.55. The van der Waals surface area contributed by atoms with Gasteiger partial charge in [-0.1, -0.05) is 6.07 Å². The van der Waals surface area contributed by atoms with Gasteiger partial charge in [-0.3, -0.25) is 4.72 Å². The average Bonchev–Trinajstić information content (AvgIpc) is 2.42. The zero-order chi connectivity index (χ0) is 14.6. The lowest BCUT2D eigenvalue weighted by molar-refractivity contribution is 0.591. The number of sulfonamides is 1. The van der Waals surface area contributed by atoms with E-state index in [0.717, 1.165) is 6.07 Å². The standard InChI is InChI=1S/C13H14FN3O2S/c1-15-9-10-8-11(5-6-12(10)14)20(18,19)17-13-4-2-3-7-16-13/h2-8,15H,9H2,1H3,(H,16,17). The summed E-state index contributed by atoms with van der Waals surface area (Å²) in [5, 5.41) is 2.79. The maximum atomic E-state index is 13.5. The van der Waals surface area contributed by atoms with Gasteiger partial charge < -0.3 is 5.32 Å². The third-order valence-electron chi connectivity index (χ3n) is 2.60. The van der Waals surface area contributed by atoms with Gasteiger partial charge in [0.2, 0.25) is 0 Å². The van der Waals surface area contributed by atoms with Crippen LogP contribution in [0.5, 0.6) is 0 Å². The Hall–Kier alpha value is -1.99. The molecule has 1 heterocycles. The number of anilines is 1. The van der Waals surface area contributed by atoms with Crippen molar-refractivity contribution < 1.29 is 12.8 Å². The number of benzene rings is 1. The van der Waals surface area contributed by atoms with E-state index >= 15 is 0 Å². The molecule has 7 heteroatoms. The molecule has 0 saturated carbocycles. The molecule has 0 spiro atoms. The molecular formula is C13H14FN3O2S. The molecule has 0 radical (unpaired) electrons. The average molecular weight is 295 g/mol. The second-order valence-electron chi connectivity index (χ2n) is 4.10. The van der Waals surface area contributed by atoms with Crippen molar-refractivity contribution in [3.63, 3.8) is 0 Å². The number of hydrogen-bond acceptors (Lipinski definition) is 4. The largest absolute Gasteiger partial charge is 0.316 e. The van der Waals surface area contributed by atoms with E-state index in [1.807, 2.05) is 0 Å². The van der Waals surface area contributed by atoms with Gasteiger partial charge in [0.1, 0.15) is 11.6 Å². The summed E-state index contributed by atoms with van der Waals surface area (Å²) in [5.41, 5.74) is 0.288. The highest BCUT2D eigenvalue weighted by molar-refractivity contribution is 7.92. The first-order valence-corrected chi connectivity index (χ1v) is 7.38. The molecule has 0 atom stereocenters. The van der Waals surface area contributed by atoms with E-state index < -0.39 is 15.8 Å². The van der Waals surface area contributed by atoms with E-state index in [4.69, 9.17) is 0 Å². The van der Waals surface area contributed by atoms with E-state index in [2.05, 4.69) is 15.0 Å². The molecule has 2 aromatic rings. The second-order valence-corrected chi connectivity index (χ2v) is 5.79. The summed E-state index contributed by atoms with van der Waals surface area (Å²) in [4.78, 5) is 3.88. The fourth-order valence-electron chi connectivity index (χ4n) is 1.66. The van der Waals surface area contributed by atoms with E-state index in [0.29, 0.717) is 0 Å². The van der Waals surface area contributed by atoms with Crippen molar-refractivity contribution in [2.24, 2.45) is 0 Å². The Morgan fingerprint density at radius 2 is 2.05 bits per heavy atom. The molecule has 1 aromatic heterocycles. The molecule has 5 nitrogen and oxygen atoms in total. The summed E-state index contributed by atoms with van der Waals surface area (Å²) in [6.07, 6.45) is 1.48. The molecule has 0 unspecified atom stereocenters. The number of nitrogens with zero attached hydrogens (tertiary/aromatic N) is 1. The van der Waals surface area contributed by atoms with Crippen LogP contribution >= 0.6 is 0 Å². The zero-order valence-electron chi connectivity index (χ0n) is 10.8. The molecule has 106 valence electrons. The van der Waals surface area contributed by atoms with Gasteiger partial charge in [0.25, 0.3) is 10.0 Å². The monoisotopic (exact) mass is 295 g/mol. The van der Waals surface area contributed by atoms with Gasteiger partial charge in [-0.25, -0.2) is 17.8 Å². The lowest BCUT2D eigenvalue weighted by Gasteiger charge is -2.09. The molecule has 0 aliphatic carbocycles. The van der Waals surface area contributed by atoms with Crippen LogP contribution in [0.3, 0.4) is 0 Å². The summed E-state index contributed by atoms with van der Waals surface area (Å²) < 4.78 is 40.2. The Balaban J connectivity index is 2.32. The van der Waals surface area contributed by atoms with E-state index in [-0.39, 0.29) is 22.8 Å². The predicted molar refractivity (Wildman–Crippen MR) is 74.2 cm³/mol. The van der Waals surface area contributed by atoms with E-state index in [1.165, 1.54) is 24.4 Å². The summed E-state index contributed by atoms with van der Waals surface area (Å²) >= 11 is 0. The number of hydrogen-bond donors (Lipinski definition) is 2. The molecule has 0 aliphatic heterocycles. The molecular weight excluding hydrogens is 281 g/mol. The van der Waals surface area contributed by atoms with Gasteiger partial charge in [-0.15, -0.1) is 0 Å². The Kier molecular flexibility index (Phi) is 4.31. The Morgan fingerprint density at radius 1 is 1.25 bits per heavy atom. The summed E-state index contributed by atoms with van der Waals surface area (Å²) in [7, 11) is -2.12. The first-order chi connectivity index (χ1) is 9.53. The van der Waals surface area contributed by atoms with Gasteiger partial charge >= 0.3 is 0 Å². The van der Waals surface area contributed by atoms with Crippen molar-refractivity contribution in [1.29, 1.82) is 0 Å². The molecule has 0 fully saturated rings. The number of halogens is 1. The SMILES string of the molecule is CNCc1cc(S(=O)(=O)Nc2ccccn2)ccc1F. The van der Waals surface area contributed by atoms with Crippen LogP contribution in [0, 0.1) is 5.82 Å². The predicted octanol–water partition coefficient (Wildman–Crippen LogP) is 1.74. The fraction of sp³-hybridized carbons (Fsp3) is 0.154. The Bertz CT molecular complexity index is 690. The van der Waals surface area contributed by atoms with Gasteiger partial charge in [0, 0.05) is 18.3 Å². The molecule has 1 aromatic carbocycles. The topological polar surface area (TPSA) is 71.1 Å². The summed E-state index contributed by atoms with van der Waals surface area (Å²) in [6.45, 7) is 0.249. The van der Waals surface area contributed by atoms with Crippen molar-refractivity contribution in [2.45, 2.75) is 11.4 Å². The molecule has 2 rings (SSSR count). The molecule has 0 saturated heterocycles. The van der Waals surface area contributed by atoms with Crippen molar-refractivity contribution >= 4 is 15.8 Å². The van der Waals surface area contributed by atoms with E-state index in [1.54, 1.807) is 19.2 Å². The van der Waals surface area contributed by atoms with Crippen molar-refractivity contribution in [2.75, 3.05) is 11.8 Å². The minimum Gasteiger partial charge on any atom is -0.316 e. The Labute approximate surface area is 116 Å². The number of nitrogens with one attached hydrogen (secondary N) is 2. The number of rotatable bonds is 5. The fourth-order valence-corrected chi connectivity index (χ4v) is 2.72. The number of pyridine rings is 1. The van der Waals surface area contributed by atoms with Crippen LogP contribution in [0.15, 0.2) is 47.5 Å². The molecule has 0 aliphatic rings. The smallest absolute Gasteiger partial charge is 0.263 e. The minimum absolute atomic E-state index is 0.00481. The van der Waals surface area contributed by atoms with Crippen molar-refractivity contribution in [3.8, 4) is 0 Å². The third kappa shape index (κ3) is 3.31. The Morgan fingerprint density at radius 3 is 2.70 bits per heavy atom. The zero-order valence-corrected chi connectivity index (χ0v) is 11.6.